The molecule has 1 aliphatic carbocycles. The summed E-state index contributed by atoms with van der Waals surface area (Å²) in [7, 11) is 0. The molecule has 0 atom stereocenters. The maximum absolute atomic E-state index is 14.6. The summed E-state index contributed by atoms with van der Waals surface area (Å²) in [5.74, 6) is -0.978. The van der Waals surface area contributed by atoms with Crippen LogP contribution in [0.3, 0.4) is 0 Å². The zero-order valence-corrected chi connectivity index (χ0v) is 22.8. The summed E-state index contributed by atoms with van der Waals surface area (Å²) in [6, 6.07) is 10.4. The predicted octanol–water partition coefficient (Wildman–Crippen LogP) is 6.11. The highest BCUT2D eigenvalue weighted by molar-refractivity contribution is 5.52. The van der Waals surface area contributed by atoms with Crippen LogP contribution in [0.2, 0.25) is 0 Å². The number of benzene rings is 1. The van der Waals surface area contributed by atoms with Gasteiger partial charge in [-0.15, -0.1) is 5.10 Å². The smallest absolute Gasteiger partial charge is 0.434 e. The van der Waals surface area contributed by atoms with Crippen molar-refractivity contribution in [2.45, 2.75) is 76.1 Å². The minimum Gasteiger partial charge on any atom is -0.487 e. The van der Waals surface area contributed by atoms with Crippen LogP contribution in [0.5, 0.6) is 5.75 Å². The summed E-state index contributed by atoms with van der Waals surface area (Å²) in [6.45, 7) is 6.12. The number of aromatic nitrogens is 5. The third-order valence-electron chi connectivity index (χ3n) is 7.20. The fourth-order valence-corrected chi connectivity index (χ4v) is 5.24. The molecule has 0 saturated heterocycles. The maximum Gasteiger partial charge on any atom is 0.434 e. The Balaban J connectivity index is 1.35. The summed E-state index contributed by atoms with van der Waals surface area (Å²) in [5.41, 5.74) is -1.64. The summed E-state index contributed by atoms with van der Waals surface area (Å²) < 4.78 is 67.0. The van der Waals surface area contributed by atoms with E-state index in [1.54, 1.807) is 6.20 Å². The van der Waals surface area contributed by atoms with Crippen molar-refractivity contribution in [3.63, 3.8) is 0 Å². The van der Waals surface area contributed by atoms with Gasteiger partial charge in [-0.1, -0.05) is 12.1 Å². The van der Waals surface area contributed by atoms with Crippen LogP contribution in [0.15, 0.2) is 57.9 Å². The zero-order valence-electron chi connectivity index (χ0n) is 22.8. The van der Waals surface area contributed by atoms with Gasteiger partial charge in [0.15, 0.2) is 11.6 Å². The highest BCUT2D eigenvalue weighted by Crippen LogP contribution is 2.43. The second-order valence-electron chi connectivity index (χ2n) is 11.2. The number of alkyl halides is 3. The van der Waals surface area contributed by atoms with Gasteiger partial charge in [-0.05, 0) is 70.7 Å². The topological polar surface area (TPSA) is 111 Å². The molecule has 0 aliphatic heterocycles. The third kappa shape index (κ3) is 6.13. The Kier molecular flexibility index (Phi) is 7.39. The number of halogens is 4. The fraction of sp³-hybridized carbons (Fsp3) is 0.429. The van der Waals surface area contributed by atoms with Crippen LogP contribution in [0.1, 0.15) is 63.6 Å². The molecule has 1 fully saturated rings. The summed E-state index contributed by atoms with van der Waals surface area (Å²) in [4.78, 5) is 16.6. The number of H-pyrrole nitrogens is 1. The second kappa shape index (κ2) is 10.7. The van der Waals surface area contributed by atoms with Crippen LogP contribution < -0.4 is 15.8 Å². The average molecular weight is 575 g/mol. The van der Waals surface area contributed by atoms with Crippen LogP contribution in [-0.4, -0.2) is 31.1 Å². The maximum atomic E-state index is 14.6. The van der Waals surface area contributed by atoms with Gasteiger partial charge < -0.3 is 14.5 Å². The Morgan fingerprint density at radius 3 is 2.51 bits per heavy atom. The standard InChI is InChI=1S/C28H30F4N6O3/c1-26(2,3)38-22(12-15-33-38)35-21-9-4-6-17(34-21)16-27(24-36-37-25(39)41-24)13-10-18(11-14-27)40-20-8-5-7-19(23(20)29)28(30,31)32/h4-9,12,15,18H,10-11,13-14,16H2,1-3H3,(H,34,35)(H,37,39). The largest absolute Gasteiger partial charge is 0.487 e. The molecule has 1 aliphatic rings. The van der Waals surface area contributed by atoms with E-state index < -0.39 is 40.6 Å². The van der Waals surface area contributed by atoms with Gasteiger partial charge in [-0.25, -0.2) is 23.9 Å². The van der Waals surface area contributed by atoms with E-state index in [1.165, 1.54) is 6.07 Å². The normalized spacial score (nSPS) is 19.7. The lowest BCUT2D eigenvalue weighted by Crippen LogP contribution is -2.38. The minimum atomic E-state index is -4.83. The molecule has 0 unspecified atom stereocenters. The minimum absolute atomic E-state index is 0.220. The van der Waals surface area contributed by atoms with Gasteiger partial charge >= 0.3 is 11.9 Å². The molecule has 9 nitrogen and oxygen atoms in total. The SMILES string of the molecule is CC(C)(C)n1nccc1Nc1cccc(CC2(c3n[nH]c(=O)o3)CCC(Oc3cccc(C(F)(F)F)c3F)CC2)n1. The van der Waals surface area contributed by atoms with Crippen molar-refractivity contribution in [1.82, 2.24) is 25.0 Å². The number of hydrogen-bond donors (Lipinski definition) is 2. The van der Waals surface area contributed by atoms with Crippen molar-refractivity contribution in [2.24, 2.45) is 0 Å². The number of nitrogens with one attached hydrogen (secondary N) is 2. The molecule has 3 aromatic heterocycles. The first-order valence-corrected chi connectivity index (χ1v) is 13.2. The van der Waals surface area contributed by atoms with E-state index in [-0.39, 0.29) is 11.4 Å². The van der Waals surface area contributed by atoms with E-state index in [1.807, 2.05) is 49.7 Å². The lowest BCUT2D eigenvalue weighted by atomic mass is 9.70. The van der Waals surface area contributed by atoms with E-state index in [2.05, 4.69) is 20.6 Å². The molecule has 13 heteroatoms. The lowest BCUT2D eigenvalue weighted by molar-refractivity contribution is -0.140. The Labute approximate surface area is 232 Å². The van der Waals surface area contributed by atoms with Gasteiger partial charge in [0.2, 0.25) is 5.89 Å². The first-order valence-electron chi connectivity index (χ1n) is 13.2. The molecular formula is C28H30F4N6O3. The lowest BCUT2D eigenvalue weighted by Gasteiger charge is -2.37. The molecule has 0 spiro atoms. The number of aromatic amines is 1. The number of rotatable bonds is 7. The zero-order chi connectivity index (χ0) is 29.4. The van der Waals surface area contributed by atoms with Crippen LogP contribution in [0.25, 0.3) is 0 Å². The van der Waals surface area contributed by atoms with Crippen LogP contribution >= 0.6 is 0 Å². The Bertz CT molecular complexity index is 1560. The van der Waals surface area contributed by atoms with Crippen molar-refractivity contribution in [3.8, 4) is 5.75 Å². The molecule has 1 aromatic carbocycles. The molecule has 1 saturated carbocycles. The fourth-order valence-electron chi connectivity index (χ4n) is 5.24. The molecule has 2 N–H and O–H groups in total. The number of pyridine rings is 1. The molecular weight excluding hydrogens is 544 g/mol. The van der Waals surface area contributed by atoms with E-state index in [0.29, 0.717) is 49.7 Å². The Morgan fingerprint density at radius 2 is 1.85 bits per heavy atom. The van der Waals surface area contributed by atoms with Gasteiger partial charge in [0.1, 0.15) is 11.6 Å². The molecule has 218 valence electrons. The van der Waals surface area contributed by atoms with Crippen molar-refractivity contribution in [2.75, 3.05) is 5.32 Å². The van der Waals surface area contributed by atoms with Crippen molar-refractivity contribution in [3.05, 3.63) is 82.2 Å². The molecule has 0 radical (unpaired) electrons. The van der Waals surface area contributed by atoms with Crippen LogP contribution in [0.4, 0.5) is 29.2 Å². The number of ether oxygens (including phenoxy) is 1. The first-order chi connectivity index (χ1) is 19.3. The molecule has 3 heterocycles. The number of hydrogen-bond acceptors (Lipinski definition) is 7. The van der Waals surface area contributed by atoms with Crippen molar-refractivity contribution < 1.29 is 26.7 Å². The quantitative estimate of drug-likeness (QED) is 0.256. The molecule has 0 bridgehead atoms. The van der Waals surface area contributed by atoms with Gasteiger partial charge in [-0.2, -0.15) is 18.3 Å². The van der Waals surface area contributed by atoms with Gasteiger partial charge in [0, 0.05) is 18.2 Å². The second-order valence-corrected chi connectivity index (χ2v) is 11.2. The predicted molar refractivity (Wildman–Crippen MR) is 142 cm³/mol. The molecule has 5 rings (SSSR count). The monoisotopic (exact) mass is 574 g/mol. The highest BCUT2D eigenvalue weighted by Gasteiger charge is 2.43. The number of anilines is 2. The van der Waals surface area contributed by atoms with Crippen molar-refractivity contribution in [1.29, 1.82) is 0 Å². The Hall–Kier alpha value is -4.16. The third-order valence-corrected chi connectivity index (χ3v) is 7.20. The van der Waals surface area contributed by atoms with Crippen molar-refractivity contribution >= 4 is 11.6 Å². The van der Waals surface area contributed by atoms with Gasteiger partial charge in [0.05, 0.1) is 28.8 Å². The summed E-state index contributed by atoms with van der Waals surface area (Å²) in [5, 5.41) is 14.1. The first kappa shape index (κ1) is 28.4. The summed E-state index contributed by atoms with van der Waals surface area (Å²) in [6.07, 6.45) is -1.71. The molecule has 4 aromatic rings. The van der Waals surface area contributed by atoms with E-state index in [9.17, 15) is 22.4 Å². The Morgan fingerprint density at radius 1 is 1.12 bits per heavy atom. The highest BCUT2D eigenvalue weighted by atomic mass is 19.4. The summed E-state index contributed by atoms with van der Waals surface area (Å²) >= 11 is 0. The van der Waals surface area contributed by atoms with Crippen LogP contribution in [-0.2, 0) is 23.6 Å². The van der Waals surface area contributed by atoms with E-state index >= 15 is 0 Å². The molecule has 41 heavy (non-hydrogen) atoms. The van der Waals surface area contributed by atoms with E-state index in [0.717, 1.165) is 11.9 Å². The average Bonchev–Trinajstić information content (AvgIpc) is 3.55. The van der Waals surface area contributed by atoms with Crippen LogP contribution in [0, 0.1) is 5.82 Å². The molecule has 0 amide bonds. The van der Waals surface area contributed by atoms with Gasteiger partial charge in [0.25, 0.3) is 0 Å². The van der Waals surface area contributed by atoms with Gasteiger partial charge in [-0.3, -0.25) is 0 Å². The number of nitrogens with zero attached hydrogens (tertiary/aromatic N) is 4. The van der Waals surface area contributed by atoms with E-state index in [4.69, 9.17) is 14.1 Å².